The van der Waals surface area contributed by atoms with E-state index < -0.39 is 97.5 Å². The first-order chi connectivity index (χ1) is 26.2. The predicted molar refractivity (Wildman–Crippen MR) is 202 cm³/mol. The minimum atomic E-state index is -4.89. The van der Waals surface area contributed by atoms with Crippen LogP contribution in [0.5, 0.6) is 0 Å². The van der Waals surface area contributed by atoms with E-state index in [1.807, 2.05) is 0 Å². The van der Waals surface area contributed by atoms with Gasteiger partial charge in [0.1, 0.15) is 19.3 Å². The molecule has 3 N–H and O–H groups in total. The van der Waals surface area contributed by atoms with Crippen molar-refractivity contribution in [3.63, 3.8) is 0 Å². The third-order valence-electron chi connectivity index (χ3n) is 7.88. The Morgan fingerprint density at radius 3 is 1.24 bits per heavy atom. The van der Waals surface area contributed by atoms with Gasteiger partial charge in [0.25, 0.3) is 0 Å². The van der Waals surface area contributed by atoms with Crippen molar-refractivity contribution in [3.8, 4) is 0 Å². The van der Waals surface area contributed by atoms with E-state index >= 15 is 0 Å². The molecule has 0 rings (SSSR count). The molecule has 0 aromatic rings. The lowest BCUT2D eigenvalue weighted by Gasteiger charge is -2.21. The number of unbranched alkanes of at least 4 members (excludes halogenated alkanes) is 12. The van der Waals surface area contributed by atoms with Crippen molar-refractivity contribution in [2.45, 2.75) is 168 Å². The number of hydrogen-bond donors (Lipinski definition) is 3. The Hall–Kier alpha value is -1.94. The van der Waals surface area contributed by atoms with Crippen LogP contribution in [-0.4, -0.2) is 96.7 Å². The lowest BCUT2D eigenvalue weighted by Crippen LogP contribution is -2.30. The number of phosphoric ester groups is 2. The zero-order chi connectivity index (χ0) is 41.4. The fourth-order valence-electron chi connectivity index (χ4n) is 4.76. The van der Waals surface area contributed by atoms with Crippen LogP contribution < -0.4 is 0 Å². The summed E-state index contributed by atoms with van der Waals surface area (Å²) in [6, 6.07) is 0. The minimum absolute atomic E-state index is 0.0477. The number of aliphatic hydroxyl groups excluding tert-OH is 1. The summed E-state index contributed by atoms with van der Waals surface area (Å²) >= 11 is 0. The summed E-state index contributed by atoms with van der Waals surface area (Å²) in [6.45, 7) is 3.54. The van der Waals surface area contributed by atoms with Gasteiger partial charge in [-0.2, -0.15) is 0 Å². The van der Waals surface area contributed by atoms with Gasteiger partial charge in [0.2, 0.25) is 0 Å². The maximum atomic E-state index is 12.6. The molecule has 55 heavy (non-hydrogen) atoms. The Morgan fingerprint density at radius 2 is 0.818 bits per heavy atom. The summed E-state index contributed by atoms with van der Waals surface area (Å²) in [7, 11) is -9.76. The molecule has 19 heteroatoms. The average molecular weight is 835 g/mol. The highest BCUT2D eigenvalue weighted by Gasteiger charge is 2.30. The summed E-state index contributed by atoms with van der Waals surface area (Å²) in [5, 5.41) is 10.2. The van der Waals surface area contributed by atoms with E-state index in [1.54, 1.807) is 13.8 Å². The summed E-state index contributed by atoms with van der Waals surface area (Å²) < 4.78 is 65.0. The van der Waals surface area contributed by atoms with Gasteiger partial charge in [-0.25, -0.2) is 9.13 Å². The highest BCUT2D eigenvalue weighted by molar-refractivity contribution is 7.47. The van der Waals surface area contributed by atoms with Crippen LogP contribution in [0.15, 0.2) is 0 Å². The quantitative estimate of drug-likeness (QED) is 0.0247. The standard InChI is InChI=1S/C36H68O17P2/c1-5-9-11-13-15-16-18-19-22-34(39)47-27-32(53-36(41)23-20-17-14-12-10-6-2)29-51-55(44,45)49-25-30(37)24-48-54(42,43)50-28-31(26-46-33(38)8-4)52-35(40)21-7-3/h30-32,37H,5-29H2,1-4H3,(H,42,43)(H,44,45)/t30-,31-,32-/m1/s1. The van der Waals surface area contributed by atoms with Gasteiger partial charge in [-0.1, -0.05) is 105 Å². The molecule has 324 valence electrons. The minimum Gasteiger partial charge on any atom is -0.462 e. The molecule has 0 aliphatic rings. The van der Waals surface area contributed by atoms with E-state index in [4.69, 9.17) is 37.0 Å². The number of aliphatic hydroxyl groups is 1. The highest BCUT2D eigenvalue weighted by atomic mass is 31.2. The van der Waals surface area contributed by atoms with E-state index in [0.717, 1.165) is 57.8 Å². The normalized spacial score (nSPS) is 15.3. The first-order valence-electron chi connectivity index (χ1n) is 19.8. The van der Waals surface area contributed by atoms with Gasteiger partial charge in [-0.05, 0) is 19.3 Å². The van der Waals surface area contributed by atoms with Crippen LogP contribution >= 0.6 is 15.6 Å². The number of phosphoric acid groups is 2. The number of esters is 4. The van der Waals surface area contributed by atoms with Crippen LogP contribution in [0.1, 0.15) is 150 Å². The van der Waals surface area contributed by atoms with Gasteiger partial charge in [0, 0.05) is 25.7 Å². The van der Waals surface area contributed by atoms with Gasteiger partial charge in [0.05, 0.1) is 26.4 Å². The van der Waals surface area contributed by atoms with Crippen molar-refractivity contribution in [3.05, 3.63) is 0 Å². The topological polar surface area (TPSA) is 237 Å². The maximum absolute atomic E-state index is 12.6. The van der Waals surface area contributed by atoms with E-state index in [9.17, 15) is 43.2 Å². The molecule has 0 radical (unpaired) electrons. The molecule has 0 saturated carbocycles. The Morgan fingerprint density at radius 1 is 0.455 bits per heavy atom. The molecular formula is C36H68O17P2. The van der Waals surface area contributed by atoms with Crippen LogP contribution in [0.3, 0.4) is 0 Å². The molecule has 2 unspecified atom stereocenters. The van der Waals surface area contributed by atoms with Crippen molar-refractivity contribution >= 4 is 39.5 Å². The van der Waals surface area contributed by atoms with Gasteiger partial charge in [0.15, 0.2) is 12.2 Å². The molecule has 0 amide bonds. The van der Waals surface area contributed by atoms with Gasteiger partial charge in [-0.3, -0.25) is 37.3 Å². The molecule has 5 atom stereocenters. The van der Waals surface area contributed by atoms with Crippen molar-refractivity contribution in [1.29, 1.82) is 0 Å². The van der Waals surface area contributed by atoms with Crippen molar-refractivity contribution in [2.24, 2.45) is 0 Å². The highest BCUT2D eigenvalue weighted by Crippen LogP contribution is 2.45. The summed E-state index contributed by atoms with van der Waals surface area (Å²) in [5.41, 5.74) is 0. The molecule has 0 spiro atoms. The second kappa shape index (κ2) is 33.1. The maximum Gasteiger partial charge on any atom is 0.472 e. The lowest BCUT2D eigenvalue weighted by atomic mass is 10.1. The predicted octanol–water partition coefficient (Wildman–Crippen LogP) is 7.02. The number of carbonyl (C=O) groups is 4. The fraction of sp³-hybridized carbons (Fsp3) is 0.889. The zero-order valence-corrected chi connectivity index (χ0v) is 35.2. The van der Waals surface area contributed by atoms with Crippen LogP contribution in [-0.2, 0) is 65.4 Å². The third-order valence-corrected chi connectivity index (χ3v) is 9.78. The molecule has 0 saturated heterocycles. The van der Waals surface area contributed by atoms with Crippen LogP contribution in [0.4, 0.5) is 0 Å². The van der Waals surface area contributed by atoms with Gasteiger partial charge < -0.3 is 33.8 Å². The monoisotopic (exact) mass is 834 g/mol. The molecule has 0 aliphatic heterocycles. The summed E-state index contributed by atoms with van der Waals surface area (Å²) in [6.07, 6.45) is 10.7. The molecular weight excluding hydrogens is 766 g/mol. The summed E-state index contributed by atoms with van der Waals surface area (Å²) in [4.78, 5) is 68.5. The second-order valence-electron chi connectivity index (χ2n) is 13.2. The Balaban J connectivity index is 4.97. The Labute approximate surface area is 327 Å². The number of carbonyl (C=O) groups excluding carboxylic acids is 4. The average Bonchev–Trinajstić information content (AvgIpc) is 3.14. The van der Waals surface area contributed by atoms with Crippen LogP contribution in [0, 0.1) is 0 Å². The Kier molecular flexibility index (Phi) is 31.9. The smallest absolute Gasteiger partial charge is 0.462 e. The first kappa shape index (κ1) is 53.1. The number of rotatable bonds is 37. The van der Waals surface area contributed by atoms with E-state index in [1.165, 1.54) is 19.3 Å². The van der Waals surface area contributed by atoms with E-state index in [2.05, 4.69) is 13.8 Å². The molecule has 0 aromatic heterocycles. The van der Waals surface area contributed by atoms with Crippen LogP contribution in [0.2, 0.25) is 0 Å². The van der Waals surface area contributed by atoms with E-state index in [0.29, 0.717) is 19.3 Å². The van der Waals surface area contributed by atoms with Crippen molar-refractivity contribution in [1.82, 2.24) is 0 Å². The van der Waals surface area contributed by atoms with Gasteiger partial charge >= 0.3 is 39.5 Å². The van der Waals surface area contributed by atoms with E-state index in [-0.39, 0.29) is 25.7 Å². The Bertz CT molecular complexity index is 1140. The van der Waals surface area contributed by atoms with Crippen molar-refractivity contribution in [2.75, 3.05) is 39.6 Å². The molecule has 0 fully saturated rings. The molecule has 0 aromatic carbocycles. The first-order valence-corrected chi connectivity index (χ1v) is 22.8. The lowest BCUT2D eigenvalue weighted by molar-refractivity contribution is -0.161. The van der Waals surface area contributed by atoms with Crippen molar-refractivity contribution < 1.29 is 80.2 Å². The number of hydrogen-bond acceptors (Lipinski definition) is 15. The SMILES string of the molecule is CCCCCCCCCCC(=O)OC[C@H](COP(=O)(O)OC[C@H](O)COP(=O)(O)OC[C@@H](COC(=O)CC)OC(=O)CCC)OC(=O)CCCCCCCC. The summed E-state index contributed by atoms with van der Waals surface area (Å²) in [5.74, 6) is -2.34. The van der Waals surface area contributed by atoms with Gasteiger partial charge in [-0.15, -0.1) is 0 Å². The largest absolute Gasteiger partial charge is 0.472 e. The fourth-order valence-corrected chi connectivity index (χ4v) is 6.34. The third kappa shape index (κ3) is 32.8. The molecule has 0 heterocycles. The second-order valence-corrected chi connectivity index (χ2v) is 16.1. The number of ether oxygens (including phenoxy) is 4. The molecule has 0 bridgehead atoms. The molecule has 17 nitrogen and oxygen atoms in total. The van der Waals surface area contributed by atoms with Crippen LogP contribution in [0.25, 0.3) is 0 Å². The molecule has 0 aliphatic carbocycles. The zero-order valence-electron chi connectivity index (χ0n) is 33.4.